The lowest BCUT2D eigenvalue weighted by Crippen LogP contribution is -2.43. The minimum atomic E-state index is -4.03. The summed E-state index contributed by atoms with van der Waals surface area (Å²) in [5.41, 5.74) is 0.605. The first kappa shape index (κ1) is 22.2. The van der Waals surface area contributed by atoms with Crippen molar-refractivity contribution in [3.05, 3.63) is 53.8 Å². The van der Waals surface area contributed by atoms with Crippen LogP contribution in [0, 0.1) is 5.82 Å². The van der Waals surface area contributed by atoms with Gasteiger partial charge in [0, 0.05) is 23.8 Å². The largest absolute Gasteiger partial charge is 0.494 e. The minimum absolute atomic E-state index is 0.0777. The number of piperidine rings is 1. The van der Waals surface area contributed by atoms with E-state index in [0.717, 1.165) is 31.4 Å². The molecule has 0 unspecified atom stereocenters. The summed E-state index contributed by atoms with van der Waals surface area (Å²) in [6.45, 7) is 4.70. The molecule has 162 valence electrons. The van der Waals surface area contributed by atoms with Crippen molar-refractivity contribution in [2.75, 3.05) is 18.5 Å². The van der Waals surface area contributed by atoms with Crippen LogP contribution in [0.4, 0.5) is 10.1 Å². The zero-order chi connectivity index (χ0) is 21.7. The standard InChI is InChI=1S/C22H27FN2O4S/c1-3-18-7-5-6-14-25(18)30(27,28)21-15-16(8-13-20(21)23)22(26)24-17-9-11-19(12-10-17)29-4-2/h8-13,15,18H,3-7,14H2,1-2H3,(H,24,26)/t18-/m1/s1. The van der Waals surface area contributed by atoms with Crippen molar-refractivity contribution in [3.8, 4) is 5.75 Å². The summed E-state index contributed by atoms with van der Waals surface area (Å²) >= 11 is 0. The summed E-state index contributed by atoms with van der Waals surface area (Å²) in [5, 5.41) is 2.70. The van der Waals surface area contributed by atoms with E-state index in [4.69, 9.17) is 4.74 Å². The fraction of sp³-hybridized carbons (Fsp3) is 0.409. The Hall–Kier alpha value is -2.45. The Morgan fingerprint density at radius 1 is 1.17 bits per heavy atom. The van der Waals surface area contributed by atoms with Gasteiger partial charge in [-0.2, -0.15) is 4.31 Å². The molecular weight excluding hydrogens is 407 g/mol. The molecule has 1 N–H and O–H groups in total. The first-order chi connectivity index (χ1) is 14.4. The monoisotopic (exact) mass is 434 g/mol. The maximum atomic E-state index is 14.5. The summed E-state index contributed by atoms with van der Waals surface area (Å²) in [6.07, 6.45) is 3.13. The Morgan fingerprint density at radius 2 is 1.90 bits per heavy atom. The molecular formula is C22H27FN2O4S. The Labute approximate surface area is 177 Å². The van der Waals surface area contributed by atoms with Crippen molar-refractivity contribution in [2.45, 2.75) is 50.5 Å². The molecule has 1 fully saturated rings. The van der Waals surface area contributed by atoms with Gasteiger partial charge in [-0.05, 0) is 68.7 Å². The van der Waals surface area contributed by atoms with Gasteiger partial charge in [-0.15, -0.1) is 0 Å². The zero-order valence-electron chi connectivity index (χ0n) is 17.2. The fourth-order valence-electron chi connectivity index (χ4n) is 3.67. The quantitative estimate of drug-likeness (QED) is 0.700. The smallest absolute Gasteiger partial charge is 0.255 e. The van der Waals surface area contributed by atoms with Crippen LogP contribution in [0.5, 0.6) is 5.75 Å². The lowest BCUT2D eigenvalue weighted by Gasteiger charge is -2.34. The van der Waals surface area contributed by atoms with Crippen molar-refractivity contribution < 1.29 is 22.3 Å². The highest BCUT2D eigenvalue weighted by Gasteiger charge is 2.34. The van der Waals surface area contributed by atoms with Crippen molar-refractivity contribution in [2.24, 2.45) is 0 Å². The molecule has 1 atom stereocenters. The zero-order valence-corrected chi connectivity index (χ0v) is 18.0. The van der Waals surface area contributed by atoms with Gasteiger partial charge in [0.05, 0.1) is 6.61 Å². The van der Waals surface area contributed by atoms with Gasteiger partial charge in [0.15, 0.2) is 0 Å². The number of sulfonamides is 1. The molecule has 0 aromatic heterocycles. The van der Waals surface area contributed by atoms with Gasteiger partial charge in [0.2, 0.25) is 10.0 Å². The van der Waals surface area contributed by atoms with E-state index in [1.54, 1.807) is 24.3 Å². The Kier molecular flexibility index (Phi) is 7.10. The van der Waals surface area contributed by atoms with Crippen LogP contribution in [-0.2, 0) is 10.0 Å². The number of carbonyl (C=O) groups is 1. The van der Waals surface area contributed by atoms with E-state index in [9.17, 15) is 17.6 Å². The number of carbonyl (C=O) groups excluding carboxylic acids is 1. The highest BCUT2D eigenvalue weighted by molar-refractivity contribution is 7.89. The van der Waals surface area contributed by atoms with Crippen LogP contribution in [0.2, 0.25) is 0 Å². The number of anilines is 1. The van der Waals surface area contributed by atoms with Crippen LogP contribution in [0.1, 0.15) is 49.9 Å². The molecule has 0 aliphatic carbocycles. The van der Waals surface area contributed by atoms with E-state index >= 15 is 0 Å². The third-order valence-corrected chi connectivity index (χ3v) is 7.21. The maximum Gasteiger partial charge on any atom is 0.255 e. The van der Waals surface area contributed by atoms with Crippen LogP contribution in [-0.4, -0.2) is 37.8 Å². The molecule has 0 bridgehead atoms. The van der Waals surface area contributed by atoms with E-state index in [1.165, 1.54) is 10.4 Å². The van der Waals surface area contributed by atoms with Crippen LogP contribution in [0.3, 0.4) is 0 Å². The van der Waals surface area contributed by atoms with E-state index in [2.05, 4.69) is 5.32 Å². The van der Waals surface area contributed by atoms with E-state index < -0.39 is 26.6 Å². The fourth-order valence-corrected chi connectivity index (χ4v) is 5.53. The molecule has 1 aliphatic heterocycles. The second-order valence-corrected chi connectivity index (χ2v) is 9.09. The lowest BCUT2D eigenvalue weighted by molar-refractivity contribution is 0.102. The van der Waals surface area contributed by atoms with Gasteiger partial charge < -0.3 is 10.1 Å². The third kappa shape index (κ3) is 4.82. The topological polar surface area (TPSA) is 75.7 Å². The normalized spacial score (nSPS) is 17.5. The number of amides is 1. The maximum absolute atomic E-state index is 14.5. The summed E-state index contributed by atoms with van der Waals surface area (Å²) in [6, 6.07) is 10.1. The number of nitrogens with zero attached hydrogens (tertiary/aromatic N) is 1. The first-order valence-corrected chi connectivity index (χ1v) is 11.7. The van der Waals surface area contributed by atoms with Crippen molar-refractivity contribution in [1.29, 1.82) is 0 Å². The average molecular weight is 435 g/mol. The minimum Gasteiger partial charge on any atom is -0.494 e. The molecule has 1 saturated heterocycles. The molecule has 2 aromatic carbocycles. The number of rotatable bonds is 7. The Morgan fingerprint density at radius 3 is 2.57 bits per heavy atom. The summed E-state index contributed by atoms with van der Waals surface area (Å²) in [4.78, 5) is 12.2. The number of halogens is 1. The Bertz CT molecular complexity index is 993. The molecule has 8 heteroatoms. The molecule has 1 amide bonds. The van der Waals surface area contributed by atoms with E-state index in [0.29, 0.717) is 31.0 Å². The molecule has 1 heterocycles. The van der Waals surface area contributed by atoms with Gasteiger partial charge >= 0.3 is 0 Å². The van der Waals surface area contributed by atoms with Gasteiger partial charge in [-0.25, -0.2) is 12.8 Å². The highest BCUT2D eigenvalue weighted by Crippen LogP contribution is 2.29. The van der Waals surface area contributed by atoms with Crippen LogP contribution in [0.25, 0.3) is 0 Å². The van der Waals surface area contributed by atoms with Gasteiger partial charge in [0.1, 0.15) is 16.5 Å². The Balaban J connectivity index is 1.84. The third-order valence-electron chi connectivity index (χ3n) is 5.25. The lowest BCUT2D eigenvalue weighted by atomic mass is 10.0. The van der Waals surface area contributed by atoms with Crippen LogP contribution >= 0.6 is 0 Å². The van der Waals surface area contributed by atoms with Crippen LogP contribution < -0.4 is 10.1 Å². The number of hydrogen-bond acceptors (Lipinski definition) is 4. The summed E-state index contributed by atoms with van der Waals surface area (Å²) in [7, 11) is -4.03. The summed E-state index contributed by atoms with van der Waals surface area (Å²) < 4.78 is 47.6. The molecule has 0 spiro atoms. The molecule has 2 aromatic rings. The summed E-state index contributed by atoms with van der Waals surface area (Å²) in [5.74, 6) is -0.688. The van der Waals surface area contributed by atoms with Gasteiger partial charge in [-0.1, -0.05) is 13.3 Å². The van der Waals surface area contributed by atoms with Crippen LogP contribution in [0.15, 0.2) is 47.4 Å². The molecule has 30 heavy (non-hydrogen) atoms. The van der Waals surface area contributed by atoms with Crippen molar-refractivity contribution >= 4 is 21.6 Å². The number of nitrogens with one attached hydrogen (secondary N) is 1. The highest BCUT2D eigenvalue weighted by atomic mass is 32.2. The van der Waals surface area contributed by atoms with Crippen molar-refractivity contribution in [3.63, 3.8) is 0 Å². The SMILES string of the molecule is CCOc1ccc(NC(=O)c2ccc(F)c(S(=O)(=O)N3CCCC[C@H]3CC)c2)cc1. The predicted molar refractivity (Wildman–Crippen MR) is 114 cm³/mol. The number of hydrogen-bond donors (Lipinski definition) is 1. The predicted octanol–water partition coefficient (Wildman–Crippen LogP) is 4.43. The molecule has 3 rings (SSSR count). The molecule has 6 nitrogen and oxygen atoms in total. The number of benzene rings is 2. The van der Waals surface area contributed by atoms with E-state index in [1.807, 2.05) is 13.8 Å². The molecule has 1 aliphatic rings. The van der Waals surface area contributed by atoms with E-state index in [-0.39, 0.29) is 11.6 Å². The second kappa shape index (κ2) is 9.57. The molecule has 0 saturated carbocycles. The average Bonchev–Trinajstić information content (AvgIpc) is 2.75. The first-order valence-electron chi connectivity index (χ1n) is 10.2. The van der Waals surface area contributed by atoms with Gasteiger partial charge in [0.25, 0.3) is 5.91 Å². The van der Waals surface area contributed by atoms with Gasteiger partial charge in [-0.3, -0.25) is 4.79 Å². The number of ether oxygens (including phenoxy) is 1. The second-order valence-electron chi connectivity index (χ2n) is 7.23. The van der Waals surface area contributed by atoms with Crippen molar-refractivity contribution in [1.82, 2.24) is 4.31 Å². The molecule has 0 radical (unpaired) electrons.